The number of Topliss-reactive ketones (excluding diaryl/α,β-unsaturated/α-hetero) is 1. The highest BCUT2D eigenvalue weighted by Crippen LogP contribution is 2.37. The van der Waals surface area contributed by atoms with Crippen molar-refractivity contribution in [3.05, 3.63) is 59.0 Å². The van der Waals surface area contributed by atoms with Crippen LogP contribution in [0.1, 0.15) is 21.6 Å². The van der Waals surface area contributed by atoms with E-state index in [0.717, 1.165) is 67.2 Å². The number of carbonyl (C=O) groups is 1. The second-order valence-electron chi connectivity index (χ2n) is 8.80. The average molecular weight is 448 g/mol. The second kappa shape index (κ2) is 8.57. The molecule has 5 rings (SSSR count). The highest BCUT2D eigenvalue weighted by molar-refractivity contribution is 6.15. The molecule has 2 aliphatic heterocycles. The zero-order chi connectivity index (χ0) is 23.1. The molecule has 3 aromatic rings. The fourth-order valence-electron chi connectivity index (χ4n) is 4.70. The van der Waals surface area contributed by atoms with E-state index in [4.69, 9.17) is 9.47 Å². The van der Waals surface area contributed by atoms with E-state index in [1.54, 1.807) is 13.2 Å². The molecule has 0 saturated carbocycles. The number of hydrogen-bond donors (Lipinski definition) is 1. The summed E-state index contributed by atoms with van der Waals surface area (Å²) in [6.45, 7) is 8.26. The number of benzene rings is 2. The van der Waals surface area contributed by atoms with Gasteiger partial charge in [-0.3, -0.25) is 9.69 Å². The predicted molar refractivity (Wildman–Crippen MR) is 128 cm³/mol. The third kappa shape index (κ3) is 3.98. The van der Waals surface area contributed by atoms with Crippen molar-refractivity contribution >= 4 is 22.8 Å². The van der Waals surface area contributed by atoms with Crippen molar-refractivity contribution in [2.45, 2.75) is 13.5 Å². The van der Waals surface area contributed by atoms with E-state index in [9.17, 15) is 9.90 Å². The maximum atomic E-state index is 12.9. The van der Waals surface area contributed by atoms with Crippen molar-refractivity contribution in [2.75, 3.05) is 46.9 Å². The topological polar surface area (TPSA) is 67.2 Å². The number of aromatic nitrogens is 1. The van der Waals surface area contributed by atoms with Crippen molar-refractivity contribution < 1.29 is 19.4 Å². The number of methoxy groups -OCH3 is 1. The summed E-state index contributed by atoms with van der Waals surface area (Å²) in [4.78, 5) is 17.8. The number of rotatable bonds is 5. The summed E-state index contributed by atoms with van der Waals surface area (Å²) in [5, 5.41) is 10.8. The number of likely N-dealkylation sites (N-methyl/N-ethyl adjacent to an activating group) is 1. The van der Waals surface area contributed by atoms with E-state index in [0.29, 0.717) is 11.3 Å². The van der Waals surface area contributed by atoms with Crippen molar-refractivity contribution in [3.63, 3.8) is 0 Å². The quantitative estimate of drug-likeness (QED) is 0.604. The van der Waals surface area contributed by atoms with E-state index >= 15 is 0 Å². The lowest BCUT2D eigenvalue weighted by atomic mass is 10.1. The molecule has 7 nitrogen and oxygen atoms in total. The summed E-state index contributed by atoms with van der Waals surface area (Å²) in [6.07, 6.45) is 1.82. The Balaban J connectivity index is 1.51. The first-order valence-electron chi connectivity index (χ1n) is 11.3. The van der Waals surface area contributed by atoms with Crippen LogP contribution in [0.4, 0.5) is 0 Å². The molecule has 0 spiro atoms. The molecule has 0 amide bonds. The molecule has 0 aliphatic carbocycles. The molecule has 0 atom stereocenters. The Labute approximate surface area is 193 Å². The van der Waals surface area contributed by atoms with E-state index in [1.807, 2.05) is 18.2 Å². The number of ketones is 1. The SMILES string of the molecule is COc1ccc2c(c1)c(/C=C1\Oc3cc(O)ccc3C1=O)c(C)n2CCN1CCN(C)CC1. The maximum Gasteiger partial charge on any atom is 0.231 e. The highest BCUT2D eigenvalue weighted by atomic mass is 16.5. The molecule has 2 aliphatic rings. The zero-order valence-corrected chi connectivity index (χ0v) is 19.3. The van der Waals surface area contributed by atoms with Crippen LogP contribution in [-0.2, 0) is 6.54 Å². The summed E-state index contributed by atoms with van der Waals surface area (Å²) in [6, 6.07) is 10.6. The molecule has 0 unspecified atom stereocenters. The number of fused-ring (bicyclic) bond motifs is 2. The standard InChI is InChI=1S/C26H29N3O4/c1-17-21(16-25-26(31)20-6-4-18(30)14-24(20)33-25)22-15-19(32-3)5-7-23(22)29(17)13-12-28-10-8-27(2)9-11-28/h4-7,14-16,30H,8-13H2,1-3H3/b25-16-. The van der Waals surface area contributed by atoms with Gasteiger partial charge in [-0.1, -0.05) is 0 Å². The van der Waals surface area contributed by atoms with Gasteiger partial charge in [-0.2, -0.15) is 0 Å². The molecule has 2 aromatic carbocycles. The molecule has 7 heteroatoms. The Morgan fingerprint density at radius 3 is 2.64 bits per heavy atom. The molecule has 172 valence electrons. The van der Waals surface area contributed by atoms with Crippen molar-refractivity contribution in [2.24, 2.45) is 0 Å². The number of hydrogen-bond acceptors (Lipinski definition) is 6. The maximum absolute atomic E-state index is 12.9. The number of piperazine rings is 1. The number of carbonyl (C=O) groups excluding carboxylic acids is 1. The zero-order valence-electron chi connectivity index (χ0n) is 19.3. The van der Waals surface area contributed by atoms with Gasteiger partial charge in [-0.25, -0.2) is 0 Å². The Morgan fingerprint density at radius 1 is 1.09 bits per heavy atom. The van der Waals surface area contributed by atoms with E-state index in [2.05, 4.69) is 34.4 Å². The van der Waals surface area contributed by atoms with Gasteiger partial charge in [-0.15, -0.1) is 0 Å². The molecule has 0 radical (unpaired) electrons. The minimum Gasteiger partial charge on any atom is -0.508 e. The summed E-state index contributed by atoms with van der Waals surface area (Å²) in [5.74, 6) is 1.32. The van der Waals surface area contributed by atoms with Gasteiger partial charge in [0.05, 0.1) is 12.7 Å². The number of phenolic OH excluding ortho intramolecular Hbond substituents is 1. The molecule has 1 N–H and O–H groups in total. The van der Waals surface area contributed by atoms with Crippen molar-refractivity contribution in [3.8, 4) is 17.2 Å². The van der Waals surface area contributed by atoms with Gasteiger partial charge in [0.25, 0.3) is 0 Å². The summed E-state index contributed by atoms with van der Waals surface area (Å²) >= 11 is 0. The van der Waals surface area contributed by atoms with Crippen LogP contribution in [0.2, 0.25) is 0 Å². The van der Waals surface area contributed by atoms with Crippen LogP contribution in [-0.4, -0.2) is 72.1 Å². The number of phenols is 1. The van der Waals surface area contributed by atoms with Gasteiger partial charge in [0.15, 0.2) is 5.76 Å². The summed E-state index contributed by atoms with van der Waals surface area (Å²) < 4.78 is 13.6. The van der Waals surface area contributed by atoms with E-state index in [1.165, 1.54) is 12.1 Å². The van der Waals surface area contributed by atoms with Gasteiger partial charge in [-0.05, 0) is 50.4 Å². The van der Waals surface area contributed by atoms with Crippen LogP contribution >= 0.6 is 0 Å². The van der Waals surface area contributed by atoms with Gasteiger partial charge in [0.2, 0.25) is 5.78 Å². The Hall–Kier alpha value is -3.29. The fraction of sp³-hybridized carbons (Fsp3) is 0.346. The molecule has 33 heavy (non-hydrogen) atoms. The number of aromatic hydroxyl groups is 1. The normalized spacial score (nSPS) is 18.2. The summed E-state index contributed by atoms with van der Waals surface area (Å²) in [5.41, 5.74) is 3.60. The Bertz CT molecular complexity index is 1250. The smallest absolute Gasteiger partial charge is 0.231 e. The fourth-order valence-corrected chi connectivity index (χ4v) is 4.70. The third-order valence-electron chi connectivity index (χ3n) is 6.74. The average Bonchev–Trinajstić information content (AvgIpc) is 3.26. The molecular formula is C26H29N3O4. The monoisotopic (exact) mass is 447 g/mol. The Kier molecular flexibility index (Phi) is 5.60. The molecule has 0 bridgehead atoms. The van der Waals surface area contributed by atoms with Gasteiger partial charge < -0.3 is 24.0 Å². The first-order chi connectivity index (χ1) is 15.9. The van der Waals surface area contributed by atoms with Crippen LogP contribution in [0.25, 0.3) is 17.0 Å². The lowest BCUT2D eigenvalue weighted by Gasteiger charge is -2.32. The Morgan fingerprint density at radius 2 is 1.88 bits per heavy atom. The number of allylic oxidation sites excluding steroid dienone is 1. The second-order valence-corrected chi connectivity index (χ2v) is 8.80. The highest BCUT2D eigenvalue weighted by Gasteiger charge is 2.28. The molecule has 1 saturated heterocycles. The number of nitrogens with zero attached hydrogens (tertiary/aromatic N) is 3. The number of ether oxygens (including phenoxy) is 2. The van der Waals surface area contributed by atoms with Crippen molar-refractivity contribution in [1.29, 1.82) is 0 Å². The first-order valence-corrected chi connectivity index (χ1v) is 11.3. The largest absolute Gasteiger partial charge is 0.508 e. The van der Waals surface area contributed by atoms with E-state index in [-0.39, 0.29) is 17.3 Å². The first kappa shape index (κ1) is 21.6. The molecular weight excluding hydrogens is 418 g/mol. The summed E-state index contributed by atoms with van der Waals surface area (Å²) in [7, 11) is 3.82. The van der Waals surface area contributed by atoms with E-state index < -0.39 is 0 Å². The van der Waals surface area contributed by atoms with Crippen LogP contribution in [0, 0.1) is 6.92 Å². The molecule has 1 fully saturated rings. The molecule has 1 aromatic heterocycles. The molecule has 3 heterocycles. The van der Waals surface area contributed by atoms with Crippen LogP contribution in [0.15, 0.2) is 42.2 Å². The predicted octanol–water partition coefficient (Wildman–Crippen LogP) is 3.53. The van der Waals surface area contributed by atoms with Crippen molar-refractivity contribution in [1.82, 2.24) is 14.4 Å². The van der Waals surface area contributed by atoms with Crippen LogP contribution < -0.4 is 9.47 Å². The lowest BCUT2D eigenvalue weighted by Crippen LogP contribution is -2.45. The lowest BCUT2D eigenvalue weighted by molar-refractivity contribution is 0.101. The van der Waals surface area contributed by atoms with Gasteiger partial charge in [0.1, 0.15) is 17.2 Å². The van der Waals surface area contributed by atoms with Gasteiger partial charge in [0, 0.05) is 67.5 Å². The van der Waals surface area contributed by atoms with Crippen LogP contribution in [0.3, 0.4) is 0 Å². The third-order valence-corrected chi connectivity index (χ3v) is 6.74. The minimum absolute atomic E-state index is 0.0734. The minimum atomic E-state index is -0.175. The van der Waals surface area contributed by atoms with Gasteiger partial charge >= 0.3 is 0 Å². The van der Waals surface area contributed by atoms with Crippen LogP contribution in [0.5, 0.6) is 17.2 Å².